The molecule has 0 fully saturated rings. The molecule has 2 aromatic heterocycles. The number of nitrogens with one attached hydrogen (secondary N) is 1. The minimum Gasteiger partial charge on any atom is -0.366 e. The van der Waals surface area contributed by atoms with Crippen molar-refractivity contribution in [3.63, 3.8) is 0 Å². The zero-order chi connectivity index (χ0) is 22.8. The maximum Gasteiger partial charge on any atom is 0.134 e. The first-order chi connectivity index (χ1) is 16.1. The molecule has 4 aromatic rings. The van der Waals surface area contributed by atoms with Crippen LogP contribution in [0.1, 0.15) is 22.4 Å². The van der Waals surface area contributed by atoms with Crippen LogP contribution in [-0.4, -0.2) is 31.3 Å². The highest BCUT2D eigenvalue weighted by Crippen LogP contribution is 2.31. The van der Waals surface area contributed by atoms with Gasteiger partial charge in [-0.15, -0.1) is 10.2 Å². The third-order valence-corrected chi connectivity index (χ3v) is 6.14. The topological polar surface area (TPSA) is 95.6 Å². The van der Waals surface area contributed by atoms with Crippen LogP contribution in [0.2, 0.25) is 10.0 Å². The van der Waals surface area contributed by atoms with Crippen molar-refractivity contribution in [1.82, 2.24) is 24.7 Å². The second kappa shape index (κ2) is 9.06. The van der Waals surface area contributed by atoms with Crippen LogP contribution in [0.15, 0.2) is 55.4 Å². The molecule has 0 radical (unpaired) electrons. The van der Waals surface area contributed by atoms with Gasteiger partial charge in [0.15, 0.2) is 0 Å². The molecule has 1 aliphatic heterocycles. The fourth-order valence-electron chi connectivity index (χ4n) is 3.95. The van der Waals surface area contributed by atoms with Crippen LogP contribution in [0.5, 0.6) is 0 Å². The van der Waals surface area contributed by atoms with Crippen LogP contribution in [0.3, 0.4) is 0 Å². The molecule has 2 aromatic carbocycles. The Morgan fingerprint density at radius 2 is 1.88 bits per heavy atom. The van der Waals surface area contributed by atoms with E-state index in [1.54, 1.807) is 29.6 Å². The van der Waals surface area contributed by atoms with Crippen molar-refractivity contribution in [2.75, 3.05) is 16.8 Å². The van der Waals surface area contributed by atoms with E-state index < -0.39 is 0 Å². The average molecular weight is 477 g/mol. The summed E-state index contributed by atoms with van der Waals surface area (Å²) in [6.07, 6.45) is 5.57. The second-order valence-electron chi connectivity index (χ2n) is 7.60. The summed E-state index contributed by atoms with van der Waals surface area (Å²) < 4.78 is 1.77. The molecule has 0 spiro atoms. The van der Waals surface area contributed by atoms with Crippen molar-refractivity contribution in [2.45, 2.75) is 19.5 Å². The zero-order valence-corrected chi connectivity index (χ0v) is 18.9. The Morgan fingerprint density at radius 3 is 2.70 bits per heavy atom. The molecule has 0 saturated carbocycles. The van der Waals surface area contributed by atoms with Crippen LogP contribution < -0.4 is 10.2 Å². The lowest BCUT2D eigenvalue weighted by molar-refractivity contribution is 0.705. The van der Waals surface area contributed by atoms with E-state index in [0.29, 0.717) is 28.7 Å². The van der Waals surface area contributed by atoms with Crippen LogP contribution >= 0.6 is 23.2 Å². The van der Waals surface area contributed by atoms with Crippen molar-refractivity contribution in [2.24, 2.45) is 0 Å². The highest BCUT2D eigenvalue weighted by molar-refractivity contribution is 6.32. The van der Waals surface area contributed by atoms with Crippen molar-refractivity contribution in [3.05, 3.63) is 87.8 Å². The molecule has 0 amide bonds. The van der Waals surface area contributed by atoms with E-state index in [4.69, 9.17) is 23.2 Å². The summed E-state index contributed by atoms with van der Waals surface area (Å²) in [6, 6.07) is 13.5. The number of hydrogen-bond acceptors (Lipinski definition) is 7. The number of fused-ring (bicyclic) bond motifs is 1. The normalized spacial score (nSPS) is 12.8. The minimum absolute atomic E-state index is 0.548. The minimum atomic E-state index is 0.548. The number of aromatic nitrogens is 5. The smallest absolute Gasteiger partial charge is 0.134 e. The third-order valence-electron chi connectivity index (χ3n) is 5.59. The number of rotatable bonds is 5. The fraction of sp³-hybridized carbons (Fsp3) is 0.174. The molecule has 0 bridgehead atoms. The van der Waals surface area contributed by atoms with E-state index in [2.05, 4.69) is 36.5 Å². The number of benzene rings is 2. The van der Waals surface area contributed by atoms with Gasteiger partial charge in [-0.2, -0.15) is 5.26 Å². The molecule has 8 nitrogen and oxygen atoms in total. The van der Waals surface area contributed by atoms with Crippen molar-refractivity contribution < 1.29 is 0 Å². The highest BCUT2D eigenvalue weighted by atomic mass is 35.5. The molecule has 164 valence electrons. The molecule has 0 aliphatic carbocycles. The quantitative estimate of drug-likeness (QED) is 0.455. The lowest BCUT2D eigenvalue weighted by Crippen LogP contribution is -2.32. The summed E-state index contributed by atoms with van der Waals surface area (Å²) in [7, 11) is 0. The molecular formula is C23H18Cl2N8. The number of nitrogens with zero attached hydrogens (tertiary/aromatic N) is 7. The Bertz CT molecular complexity index is 1350. The molecule has 1 N–H and O–H groups in total. The molecule has 10 heteroatoms. The summed E-state index contributed by atoms with van der Waals surface area (Å²) in [6.45, 7) is 1.92. The maximum atomic E-state index is 9.55. The van der Waals surface area contributed by atoms with Crippen LogP contribution in [0.4, 0.5) is 11.5 Å². The number of anilines is 2. The second-order valence-corrected chi connectivity index (χ2v) is 8.44. The van der Waals surface area contributed by atoms with Gasteiger partial charge in [-0.25, -0.2) is 9.97 Å². The van der Waals surface area contributed by atoms with Crippen LogP contribution in [-0.2, 0) is 19.5 Å². The van der Waals surface area contributed by atoms with Gasteiger partial charge in [0.05, 0.1) is 27.7 Å². The lowest BCUT2D eigenvalue weighted by Gasteiger charge is -2.31. The van der Waals surface area contributed by atoms with Gasteiger partial charge in [-0.1, -0.05) is 29.3 Å². The molecule has 33 heavy (non-hydrogen) atoms. The first-order valence-corrected chi connectivity index (χ1v) is 11.0. The Balaban J connectivity index is 1.38. The Kier molecular flexibility index (Phi) is 5.82. The van der Waals surface area contributed by atoms with E-state index in [0.717, 1.165) is 47.0 Å². The average Bonchev–Trinajstić information content (AvgIpc) is 3.38. The fourth-order valence-corrected chi connectivity index (χ4v) is 4.34. The summed E-state index contributed by atoms with van der Waals surface area (Å²) in [5.74, 6) is 0.776. The van der Waals surface area contributed by atoms with E-state index in [1.165, 1.54) is 0 Å². The Morgan fingerprint density at radius 1 is 1.03 bits per heavy atom. The maximum absolute atomic E-state index is 9.55. The van der Waals surface area contributed by atoms with Gasteiger partial charge in [0, 0.05) is 36.6 Å². The number of nitriles is 1. The zero-order valence-electron chi connectivity index (χ0n) is 17.4. The lowest BCUT2D eigenvalue weighted by atomic mass is 10.0. The summed E-state index contributed by atoms with van der Waals surface area (Å²) in [5, 5.41) is 21.9. The Hall–Kier alpha value is -3.67. The number of halogens is 2. The van der Waals surface area contributed by atoms with Crippen molar-refractivity contribution >= 4 is 34.7 Å². The van der Waals surface area contributed by atoms with E-state index in [9.17, 15) is 5.26 Å². The van der Waals surface area contributed by atoms with Crippen molar-refractivity contribution in [3.8, 4) is 11.8 Å². The summed E-state index contributed by atoms with van der Waals surface area (Å²) >= 11 is 12.4. The van der Waals surface area contributed by atoms with Gasteiger partial charge >= 0.3 is 0 Å². The third kappa shape index (κ3) is 4.33. The molecule has 3 heterocycles. The molecule has 0 unspecified atom stereocenters. The van der Waals surface area contributed by atoms with Crippen molar-refractivity contribution in [1.29, 1.82) is 5.26 Å². The summed E-state index contributed by atoms with van der Waals surface area (Å²) in [4.78, 5) is 11.1. The SMILES string of the molecule is N#Cc1cc(Cl)ccc1N1CCc2ncnc(NCc3ccc(Cl)c(-n4cnnc4)c3)c2C1. The number of hydrogen-bond donors (Lipinski definition) is 1. The first kappa shape index (κ1) is 21.2. The molecule has 1 aliphatic rings. The van der Waals surface area contributed by atoms with E-state index in [-0.39, 0.29) is 0 Å². The van der Waals surface area contributed by atoms with Gasteiger partial charge in [0.1, 0.15) is 30.9 Å². The predicted octanol–water partition coefficient (Wildman–Crippen LogP) is 4.41. The highest BCUT2D eigenvalue weighted by Gasteiger charge is 2.23. The molecule has 0 saturated heterocycles. The summed E-state index contributed by atoms with van der Waals surface area (Å²) in [5.41, 5.74) is 5.29. The van der Waals surface area contributed by atoms with Gasteiger partial charge < -0.3 is 10.2 Å². The first-order valence-electron chi connectivity index (χ1n) is 10.3. The standard InChI is InChI=1S/C23H18Cl2N8/c24-17-2-4-21(16(8-17)9-26)32-6-5-20-18(11-32)23(29-12-28-20)27-10-15-1-3-19(25)22(7-15)33-13-30-31-14-33/h1-4,7-8,12-14H,5-6,10-11H2,(H,27,28,29). The largest absolute Gasteiger partial charge is 0.366 e. The molecule has 0 atom stereocenters. The van der Waals surface area contributed by atoms with Gasteiger partial charge in [0.25, 0.3) is 0 Å². The Labute approximate surface area is 200 Å². The molecular weight excluding hydrogens is 459 g/mol. The van der Waals surface area contributed by atoms with Gasteiger partial charge in [-0.05, 0) is 35.9 Å². The van der Waals surface area contributed by atoms with E-state index >= 15 is 0 Å². The molecule has 5 rings (SSSR count). The van der Waals surface area contributed by atoms with Gasteiger partial charge in [0.2, 0.25) is 0 Å². The van der Waals surface area contributed by atoms with Gasteiger partial charge in [-0.3, -0.25) is 4.57 Å². The van der Waals surface area contributed by atoms with Crippen LogP contribution in [0, 0.1) is 11.3 Å². The van der Waals surface area contributed by atoms with Crippen LogP contribution in [0.25, 0.3) is 5.69 Å². The monoisotopic (exact) mass is 476 g/mol. The predicted molar refractivity (Wildman–Crippen MR) is 127 cm³/mol. The van der Waals surface area contributed by atoms with E-state index in [1.807, 2.05) is 30.3 Å².